The van der Waals surface area contributed by atoms with Crippen molar-refractivity contribution in [3.8, 4) is 0 Å². The molecule has 2 nitrogen and oxygen atoms in total. The van der Waals surface area contributed by atoms with Gasteiger partial charge in [0.1, 0.15) is 5.82 Å². The SMILES string of the molecule is CCCn1cccc1CNc1cc(C)ccc1F. The van der Waals surface area contributed by atoms with Crippen molar-refractivity contribution in [2.45, 2.75) is 33.4 Å². The molecule has 0 aliphatic heterocycles. The highest BCUT2D eigenvalue weighted by atomic mass is 19.1. The minimum Gasteiger partial charge on any atom is -0.377 e. The van der Waals surface area contributed by atoms with E-state index in [1.165, 1.54) is 11.8 Å². The van der Waals surface area contributed by atoms with Crippen LogP contribution >= 0.6 is 0 Å². The Morgan fingerprint density at radius 1 is 1.28 bits per heavy atom. The summed E-state index contributed by atoms with van der Waals surface area (Å²) in [6.07, 6.45) is 3.16. The summed E-state index contributed by atoms with van der Waals surface area (Å²) in [6.45, 7) is 5.76. The zero-order valence-corrected chi connectivity index (χ0v) is 10.9. The van der Waals surface area contributed by atoms with Gasteiger partial charge in [0.2, 0.25) is 0 Å². The van der Waals surface area contributed by atoms with Crippen LogP contribution in [-0.4, -0.2) is 4.57 Å². The second kappa shape index (κ2) is 5.71. The number of hydrogen-bond acceptors (Lipinski definition) is 1. The van der Waals surface area contributed by atoms with Crippen molar-refractivity contribution in [2.75, 3.05) is 5.32 Å². The summed E-state index contributed by atoms with van der Waals surface area (Å²) in [5.41, 5.74) is 2.81. The van der Waals surface area contributed by atoms with Crippen molar-refractivity contribution in [3.05, 3.63) is 53.6 Å². The molecule has 2 aromatic rings. The Kier molecular flexibility index (Phi) is 4.03. The Hall–Kier alpha value is -1.77. The number of hydrogen-bond donors (Lipinski definition) is 1. The molecule has 2 rings (SSSR count). The molecule has 0 unspecified atom stereocenters. The van der Waals surface area contributed by atoms with Gasteiger partial charge in [0.25, 0.3) is 0 Å². The number of rotatable bonds is 5. The van der Waals surface area contributed by atoms with Gasteiger partial charge in [0.15, 0.2) is 0 Å². The van der Waals surface area contributed by atoms with Gasteiger partial charge >= 0.3 is 0 Å². The molecule has 0 bridgehead atoms. The molecule has 0 aliphatic rings. The lowest BCUT2D eigenvalue weighted by Gasteiger charge is -2.11. The standard InChI is InChI=1S/C15H19FN2/c1-3-8-18-9-4-5-13(18)11-17-15-10-12(2)6-7-14(15)16/h4-7,9-10,17H,3,8,11H2,1-2H3. The average molecular weight is 246 g/mol. The van der Waals surface area contributed by atoms with Crippen LogP contribution in [0.15, 0.2) is 36.5 Å². The summed E-state index contributed by atoms with van der Waals surface area (Å²) in [4.78, 5) is 0. The van der Waals surface area contributed by atoms with Crippen LogP contribution < -0.4 is 5.32 Å². The second-order valence-corrected chi connectivity index (χ2v) is 4.53. The molecular weight excluding hydrogens is 227 g/mol. The molecule has 0 aliphatic carbocycles. The van der Waals surface area contributed by atoms with Crippen LogP contribution in [0.4, 0.5) is 10.1 Å². The molecule has 1 aromatic heterocycles. The molecule has 1 aromatic carbocycles. The van der Waals surface area contributed by atoms with Gasteiger partial charge in [-0.1, -0.05) is 13.0 Å². The molecule has 0 saturated heterocycles. The molecular formula is C15H19FN2. The summed E-state index contributed by atoms with van der Waals surface area (Å²) >= 11 is 0. The lowest BCUT2D eigenvalue weighted by molar-refractivity contribution is 0.626. The molecule has 0 fully saturated rings. The molecule has 3 heteroatoms. The van der Waals surface area contributed by atoms with E-state index < -0.39 is 0 Å². The third-order valence-corrected chi connectivity index (χ3v) is 2.97. The summed E-state index contributed by atoms with van der Waals surface area (Å²) in [5.74, 6) is -0.200. The van der Waals surface area contributed by atoms with Crippen molar-refractivity contribution >= 4 is 5.69 Å². The van der Waals surface area contributed by atoms with E-state index in [0.29, 0.717) is 12.2 Å². The van der Waals surface area contributed by atoms with Crippen LogP contribution in [0.1, 0.15) is 24.6 Å². The lowest BCUT2D eigenvalue weighted by atomic mass is 10.2. The fraction of sp³-hybridized carbons (Fsp3) is 0.333. The summed E-state index contributed by atoms with van der Waals surface area (Å²) in [6, 6.07) is 9.21. The second-order valence-electron chi connectivity index (χ2n) is 4.53. The number of anilines is 1. The molecule has 0 atom stereocenters. The molecule has 1 heterocycles. The van der Waals surface area contributed by atoms with Gasteiger partial charge in [-0.15, -0.1) is 0 Å². The first-order chi connectivity index (χ1) is 8.70. The number of benzene rings is 1. The zero-order chi connectivity index (χ0) is 13.0. The topological polar surface area (TPSA) is 17.0 Å². The van der Waals surface area contributed by atoms with Gasteiger partial charge in [0.05, 0.1) is 12.2 Å². The molecule has 0 spiro atoms. The first kappa shape index (κ1) is 12.7. The predicted molar refractivity (Wildman–Crippen MR) is 73.2 cm³/mol. The fourth-order valence-electron chi connectivity index (χ4n) is 2.03. The normalized spacial score (nSPS) is 10.6. The quantitative estimate of drug-likeness (QED) is 0.845. The molecule has 0 radical (unpaired) electrons. The minimum absolute atomic E-state index is 0.200. The largest absolute Gasteiger partial charge is 0.377 e. The first-order valence-corrected chi connectivity index (χ1v) is 6.34. The van der Waals surface area contributed by atoms with Gasteiger partial charge in [-0.25, -0.2) is 4.39 Å². The van der Waals surface area contributed by atoms with Crippen molar-refractivity contribution in [1.82, 2.24) is 4.57 Å². The van der Waals surface area contributed by atoms with Gasteiger partial charge in [-0.3, -0.25) is 0 Å². The van der Waals surface area contributed by atoms with Crippen molar-refractivity contribution in [2.24, 2.45) is 0 Å². The third kappa shape index (κ3) is 2.92. The maximum absolute atomic E-state index is 13.6. The van der Waals surface area contributed by atoms with E-state index in [1.54, 1.807) is 6.07 Å². The van der Waals surface area contributed by atoms with E-state index in [4.69, 9.17) is 0 Å². The Morgan fingerprint density at radius 3 is 2.89 bits per heavy atom. The van der Waals surface area contributed by atoms with Gasteiger partial charge in [-0.2, -0.15) is 0 Å². The van der Waals surface area contributed by atoms with Crippen LogP contribution in [-0.2, 0) is 13.1 Å². The van der Waals surface area contributed by atoms with Gasteiger partial charge in [-0.05, 0) is 43.2 Å². The van der Waals surface area contributed by atoms with E-state index >= 15 is 0 Å². The molecule has 0 saturated carbocycles. The maximum atomic E-state index is 13.6. The smallest absolute Gasteiger partial charge is 0.146 e. The minimum atomic E-state index is -0.200. The van der Waals surface area contributed by atoms with Gasteiger partial charge < -0.3 is 9.88 Å². The van der Waals surface area contributed by atoms with Crippen molar-refractivity contribution < 1.29 is 4.39 Å². The van der Waals surface area contributed by atoms with Crippen molar-refractivity contribution in [1.29, 1.82) is 0 Å². The highest BCUT2D eigenvalue weighted by molar-refractivity contribution is 5.47. The zero-order valence-electron chi connectivity index (χ0n) is 10.9. The predicted octanol–water partition coefficient (Wildman–Crippen LogP) is 3.96. The molecule has 0 amide bonds. The number of nitrogens with zero attached hydrogens (tertiary/aromatic N) is 1. The number of nitrogens with one attached hydrogen (secondary N) is 1. The van der Waals surface area contributed by atoms with E-state index in [-0.39, 0.29) is 5.82 Å². The van der Waals surface area contributed by atoms with Crippen LogP contribution in [0.25, 0.3) is 0 Å². The van der Waals surface area contributed by atoms with Crippen LogP contribution in [0.2, 0.25) is 0 Å². The maximum Gasteiger partial charge on any atom is 0.146 e. The summed E-state index contributed by atoms with van der Waals surface area (Å²) < 4.78 is 15.8. The monoisotopic (exact) mass is 246 g/mol. The van der Waals surface area contributed by atoms with E-state index in [9.17, 15) is 4.39 Å². The van der Waals surface area contributed by atoms with Gasteiger partial charge in [0, 0.05) is 18.4 Å². The fourth-order valence-corrected chi connectivity index (χ4v) is 2.03. The third-order valence-electron chi connectivity index (χ3n) is 2.97. The van der Waals surface area contributed by atoms with Crippen LogP contribution in [0.5, 0.6) is 0 Å². The molecule has 96 valence electrons. The van der Waals surface area contributed by atoms with Crippen LogP contribution in [0.3, 0.4) is 0 Å². The van der Waals surface area contributed by atoms with E-state index in [1.807, 2.05) is 19.1 Å². The number of halogens is 1. The van der Waals surface area contributed by atoms with E-state index in [2.05, 4.69) is 29.1 Å². The summed E-state index contributed by atoms with van der Waals surface area (Å²) in [7, 11) is 0. The Balaban J connectivity index is 2.06. The summed E-state index contributed by atoms with van der Waals surface area (Å²) in [5, 5.41) is 3.16. The number of aromatic nitrogens is 1. The number of aryl methyl sites for hydroxylation is 2. The highest BCUT2D eigenvalue weighted by Gasteiger charge is 2.04. The lowest BCUT2D eigenvalue weighted by Crippen LogP contribution is -2.07. The van der Waals surface area contributed by atoms with Crippen LogP contribution in [0, 0.1) is 12.7 Å². The van der Waals surface area contributed by atoms with E-state index in [0.717, 1.165) is 18.5 Å². The molecule has 18 heavy (non-hydrogen) atoms. The highest BCUT2D eigenvalue weighted by Crippen LogP contribution is 2.17. The Labute approximate surface area is 107 Å². The average Bonchev–Trinajstić information content (AvgIpc) is 2.78. The molecule has 1 N–H and O–H groups in total. The Bertz CT molecular complexity index is 517. The van der Waals surface area contributed by atoms with Crippen molar-refractivity contribution in [3.63, 3.8) is 0 Å². The first-order valence-electron chi connectivity index (χ1n) is 6.34. The Morgan fingerprint density at radius 2 is 2.11 bits per heavy atom.